The summed E-state index contributed by atoms with van der Waals surface area (Å²) in [4.78, 5) is 33.4. The molecule has 0 atom stereocenters. The van der Waals surface area contributed by atoms with Gasteiger partial charge in [-0.05, 0) is 36.8 Å². The van der Waals surface area contributed by atoms with E-state index < -0.39 is 23.4 Å². The number of nitro benzene ring substituents is 1. The number of ether oxygens (including phenoxy) is 1. The number of rotatable bonds is 6. The molecule has 0 bridgehead atoms. The highest BCUT2D eigenvalue weighted by Gasteiger charge is 2.11. The number of non-ortho nitro benzene ring substituents is 1. The molecule has 1 N–H and O–H groups in total. The van der Waals surface area contributed by atoms with Crippen molar-refractivity contribution in [3.05, 3.63) is 64.1 Å². The summed E-state index contributed by atoms with van der Waals surface area (Å²) >= 11 is 0. The van der Waals surface area contributed by atoms with E-state index in [-0.39, 0.29) is 5.69 Å². The minimum atomic E-state index is -0.693. The lowest BCUT2D eigenvalue weighted by Gasteiger charge is -2.08. The van der Waals surface area contributed by atoms with E-state index in [9.17, 15) is 19.7 Å². The number of esters is 1. The fraction of sp³-hybridized carbons (Fsp3) is 0.125. The third kappa shape index (κ3) is 4.80. The maximum atomic E-state index is 11.8. The number of carbonyl (C=O) groups is 2. The van der Waals surface area contributed by atoms with Crippen LogP contribution in [0.2, 0.25) is 0 Å². The second-order valence-corrected chi connectivity index (χ2v) is 4.76. The topological polar surface area (TPSA) is 112 Å². The zero-order valence-electron chi connectivity index (χ0n) is 12.7. The van der Waals surface area contributed by atoms with Crippen LogP contribution >= 0.6 is 0 Å². The number of aryl methyl sites for hydroxylation is 1. The first-order valence-electron chi connectivity index (χ1n) is 6.89. The quantitative estimate of drug-likeness (QED) is 0.377. The minimum Gasteiger partial charge on any atom is -0.465 e. The molecule has 2 aromatic rings. The number of amides is 1. The molecule has 1 amide bonds. The summed E-state index contributed by atoms with van der Waals surface area (Å²) in [5, 5.41) is 13.2. The first kappa shape index (κ1) is 16.9. The number of nitrogens with one attached hydrogen (secondary N) is 1. The molecule has 0 spiro atoms. The second kappa shape index (κ2) is 7.73. The van der Waals surface area contributed by atoms with Crippen LogP contribution in [0.15, 0.2) is 47.1 Å². The monoisotopic (exact) mass is 330 g/mol. The van der Waals surface area contributed by atoms with E-state index in [1.807, 2.05) is 0 Å². The van der Waals surface area contributed by atoms with Crippen LogP contribution in [0.1, 0.15) is 11.3 Å². The van der Waals surface area contributed by atoms with Crippen LogP contribution in [-0.2, 0) is 14.3 Å². The number of hydrogen-bond donors (Lipinski definition) is 1. The van der Waals surface area contributed by atoms with Crippen LogP contribution in [0.4, 0.5) is 11.4 Å². The molecule has 8 heteroatoms. The van der Waals surface area contributed by atoms with E-state index in [1.165, 1.54) is 30.5 Å². The number of benzene rings is 1. The average molecular weight is 330 g/mol. The number of hydrogen-bond acceptors (Lipinski definition) is 6. The van der Waals surface area contributed by atoms with Gasteiger partial charge in [0, 0.05) is 23.9 Å². The summed E-state index contributed by atoms with van der Waals surface area (Å²) < 4.78 is 9.79. The third-order valence-electron chi connectivity index (χ3n) is 2.97. The van der Waals surface area contributed by atoms with Gasteiger partial charge in [0.05, 0.1) is 11.2 Å². The highest BCUT2D eigenvalue weighted by Crippen LogP contribution is 2.21. The summed E-state index contributed by atoms with van der Waals surface area (Å²) in [5.41, 5.74) is 0.870. The number of nitrogens with zero attached hydrogens (tertiary/aromatic N) is 1. The van der Waals surface area contributed by atoms with Crippen LogP contribution in [0, 0.1) is 17.0 Å². The van der Waals surface area contributed by atoms with Gasteiger partial charge in [-0.25, -0.2) is 4.79 Å². The van der Waals surface area contributed by atoms with Gasteiger partial charge in [-0.3, -0.25) is 14.9 Å². The molecule has 0 aliphatic rings. The molecule has 1 heterocycles. The number of carbonyl (C=O) groups excluding carboxylic acids is 2. The molecule has 0 aliphatic carbocycles. The molecule has 0 aliphatic heterocycles. The smallest absolute Gasteiger partial charge is 0.331 e. The molecule has 1 aromatic heterocycles. The van der Waals surface area contributed by atoms with Gasteiger partial charge >= 0.3 is 5.97 Å². The number of anilines is 1. The van der Waals surface area contributed by atoms with Crippen LogP contribution in [-0.4, -0.2) is 23.4 Å². The highest BCUT2D eigenvalue weighted by atomic mass is 16.6. The van der Waals surface area contributed by atoms with Crippen molar-refractivity contribution in [2.24, 2.45) is 0 Å². The first-order valence-corrected chi connectivity index (χ1v) is 6.89. The van der Waals surface area contributed by atoms with Crippen molar-refractivity contribution < 1.29 is 23.7 Å². The predicted molar refractivity (Wildman–Crippen MR) is 85.2 cm³/mol. The van der Waals surface area contributed by atoms with Crippen molar-refractivity contribution in [1.82, 2.24) is 0 Å². The van der Waals surface area contributed by atoms with Crippen LogP contribution in [0.5, 0.6) is 0 Å². The van der Waals surface area contributed by atoms with Crippen LogP contribution < -0.4 is 5.32 Å². The molecule has 1 aromatic carbocycles. The summed E-state index contributed by atoms with van der Waals surface area (Å²) in [7, 11) is 0. The fourth-order valence-corrected chi connectivity index (χ4v) is 1.81. The van der Waals surface area contributed by atoms with Crippen molar-refractivity contribution in [2.45, 2.75) is 6.92 Å². The van der Waals surface area contributed by atoms with Crippen molar-refractivity contribution in [3.8, 4) is 0 Å². The molecule has 124 valence electrons. The predicted octanol–water partition coefficient (Wildman–Crippen LogP) is 2.69. The largest absolute Gasteiger partial charge is 0.465 e. The Morgan fingerprint density at radius 1 is 1.38 bits per heavy atom. The van der Waals surface area contributed by atoms with E-state index >= 15 is 0 Å². The Bertz CT molecular complexity index is 780. The van der Waals surface area contributed by atoms with Crippen molar-refractivity contribution in [1.29, 1.82) is 0 Å². The lowest BCUT2D eigenvalue weighted by molar-refractivity contribution is -0.384. The van der Waals surface area contributed by atoms with Gasteiger partial charge in [-0.15, -0.1) is 0 Å². The van der Waals surface area contributed by atoms with E-state index in [4.69, 9.17) is 9.15 Å². The van der Waals surface area contributed by atoms with Gasteiger partial charge in [0.25, 0.3) is 11.6 Å². The molecule has 24 heavy (non-hydrogen) atoms. The lowest BCUT2D eigenvalue weighted by atomic mass is 10.2. The van der Waals surface area contributed by atoms with Crippen molar-refractivity contribution >= 4 is 29.3 Å². The van der Waals surface area contributed by atoms with Crippen LogP contribution in [0.25, 0.3) is 6.08 Å². The van der Waals surface area contributed by atoms with E-state index in [1.54, 1.807) is 19.1 Å². The Morgan fingerprint density at radius 3 is 2.79 bits per heavy atom. The lowest BCUT2D eigenvalue weighted by Crippen LogP contribution is -2.20. The second-order valence-electron chi connectivity index (χ2n) is 4.76. The Kier molecular flexibility index (Phi) is 5.45. The minimum absolute atomic E-state index is 0.0695. The van der Waals surface area contributed by atoms with E-state index in [0.29, 0.717) is 17.0 Å². The summed E-state index contributed by atoms with van der Waals surface area (Å²) in [6, 6.07) is 7.37. The van der Waals surface area contributed by atoms with Crippen molar-refractivity contribution in [3.63, 3.8) is 0 Å². The zero-order valence-corrected chi connectivity index (χ0v) is 12.7. The number of nitro groups is 1. The van der Waals surface area contributed by atoms with Gasteiger partial charge in [-0.1, -0.05) is 0 Å². The normalized spacial score (nSPS) is 10.5. The van der Waals surface area contributed by atoms with Crippen LogP contribution in [0.3, 0.4) is 0 Å². The third-order valence-corrected chi connectivity index (χ3v) is 2.97. The van der Waals surface area contributed by atoms with E-state index in [2.05, 4.69) is 5.32 Å². The highest BCUT2D eigenvalue weighted by molar-refractivity contribution is 5.95. The Hall–Kier alpha value is -3.42. The molecular formula is C16H14N2O6. The number of furan rings is 1. The standard InChI is InChI=1S/C16H14N2O6/c1-11-9-12(18(21)22)4-6-14(11)17-15(19)10-24-16(20)7-5-13-3-2-8-23-13/h2-9H,10H2,1H3,(H,17,19)/b7-5+. The van der Waals surface area contributed by atoms with Gasteiger partial charge in [0.2, 0.25) is 0 Å². The average Bonchev–Trinajstić information content (AvgIpc) is 3.06. The molecule has 8 nitrogen and oxygen atoms in total. The van der Waals surface area contributed by atoms with Gasteiger partial charge in [0.15, 0.2) is 6.61 Å². The molecule has 0 unspecified atom stereocenters. The molecule has 0 saturated heterocycles. The maximum Gasteiger partial charge on any atom is 0.331 e. The van der Waals surface area contributed by atoms with Gasteiger partial charge in [-0.2, -0.15) is 0 Å². The van der Waals surface area contributed by atoms with E-state index in [0.717, 1.165) is 6.08 Å². The Morgan fingerprint density at radius 2 is 2.17 bits per heavy atom. The molecule has 0 fully saturated rings. The summed E-state index contributed by atoms with van der Waals surface area (Å²) in [6.07, 6.45) is 4.02. The van der Waals surface area contributed by atoms with Crippen molar-refractivity contribution in [2.75, 3.05) is 11.9 Å². The summed E-state index contributed by atoms with van der Waals surface area (Å²) in [6.45, 7) is 1.15. The zero-order chi connectivity index (χ0) is 17.5. The molecule has 0 radical (unpaired) electrons. The summed E-state index contributed by atoms with van der Waals surface area (Å²) in [5.74, 6) is -0.758. The first-order chi connectivity index (χ1) is 11.5. The SMILES string of the molecule is Cc1cc([N+](=O)[O-])ccc1NC(=O)COC(=O)/C=C/c1ccco1. The molecule has 0 saturated carbocycles. The fourth-order valence-electron chi connectivity index (χ4n) is 1.81. The van der Waals surface area contributed by atoms with Gasteiger partial charge < -0.3 is 14.5 Å². The maximum absolute atomic E-state index is 11.8. The van der Waals surface area contributed by atoms with Gasteiger partial charge in [0.1, 0.15) is 5.76 Å². The Labute approximate surface area is 136 Å². The molecule has 2 rings (SSSR count). The Balaban J connectivity index is 1.85. The molecular weight excluding hydrogens is 316 g/mol.